The summed E-state index contributed by atoms with van der Waals surface area (Å²) in [5.41, 5.74) is 1.69. The smallest absolute Gasteiger partial charge is 0.303 e. The van der Waals surface area contributed by atoms with Crippen LogP contribution in [0.1, 0.15) is 16.3 Å². The number of thiazole rings is 1. The molecule has 0 unspecified atom stereocenters. The molecule has 0 aliphatic heterocycles. The predicted octanol–water partition coefficient (Wildman–Crippen LogP) is 2.18. The molecule has 0 bridgehead atoms. The van der Waals surface area contributed by atoms with Gasteiger partial charge >= 0.3 is 5.69 Å². The summed E-state index contributed by atoms with van der Waals surface area (Å²) >= 11 is 7.83. The van der Waals surface area contributed by atoms with E-state index in [4.69, 9.17) is 11.6 Å². The van der Waals surface area contributed by atoms with E-state index < -0.39 is 11.2 Å². The zero-order chi connectivity index (χ0) is 19.1. The molecule has 4 aromatic rings. The Bertz CT molecular complexity index is 1250. The minimum Gasteiger partial charge on any atom is -0.303 e. The van der Waals surface area contributed by atoms with E-state index in [0.717, 1.165) is 21.7 Å². The molecule has 0 fully saturated rings. The van der Waals surface area contributed by atoms with Gasteiger partial charge < -0.3 is 4.57 Å². The van der Waals surface area contributed by atoms with E-state index in [1.165, 1.54) is 17.2 Å². The number of hydrogen-bond acceptors (Lipinski definition) is 5. The van der Waals surface area contributed by atoms with Crippen molar-refractivity contribution in [2.24, 2.45) is 14.1 Å². The van der Waals surface area contributed by atoms with Gasteiger partial charge in [-0.25, -0.2) is 9.78 Å². The van der Waals surface area contributed by atoms with Crippen LogP contribution in [0, 0.1) is 0 Å². The number of nitrogens with zero attached hydrogens (tertiary/aromatic N) is 5. The second-order valence-corrected chi connectivity index (χ2v) is 7.52. The van der Waals surface area contributed by atoms with Crippen LogP contribution in [-0.4, -0.2) is 23.7 Å². The fraction of sp³-hybridized carbons (Fsp3) is 0.222. The van der Waals surface area contributed by atoms with Gasteiger partial charge in [-0.2, -0.15) is 4.98 Å². The Hall–Kier alpha value is -2.71. The van der Waals surface area contributed by atoms with Crippen LogP contribution in [-0.2, 0) is 27.1 Å². The molecule has 0 saturated carbocycles. The third-order valence-electron chi connectivity index (χ3n) is 4.42. The third-order valence-corrected chi connectivity index (χ3v) is 5.61. The number of aromatic nitrogens is 5. The molecule has 138 valence electrons. The van der Waals surface area contributed by atoms with Crippen LogP contribution < -0.4 is 11.2 Å². The number of fused-ring (bicyclic) bond motifs is 1. The normalized spacial score (nSPS) is 11.4. The molecule has 9 heteroatoms. The molecule has 0 saturated heterocycles. The number of imidazole rings is 1. The van der Waals surface area contributed by atoms with Crippen molar-refractivity contribution >= 4 is 34.1 Å². The second kappa shape index (κ2) is 6.79. The van der Waals surface area contributed by atoms with Crippen LogP contribution in [0.3, 0.4) is 0 Å². The minimum atomic E-state index is -0.437. The summed E-state index contributed by atoms with van der Waals surface area (Å²) in [6, 6.07) is 10.1. The SMILES string of the molecule is Cn1c(=O)c2c(nc(Cl)n2Cc2csc(Cc3ccccc3)n2)n(C)c1=O. The van der Waals surface area contributed by atoms with Crippen LogP contribution in [0.25, 0.3) is 11.2 Å². The monoisotopic (exact) mass is 401 g/mol. The lowest BCUT2D eigenvalue weighted by atomic mass is 10.2. The van der Waals surface area contributed by atoms with E-state index in [2.05, 4.69) is 22.1 Å². The van der Waals surface area contributed by atoms with Gasteiger partial charge in [-0.15, -0.1) is 11.3 Å². The first-order chi connectivity index (χ1) is 13.0. The van der Waals surface area contributed by atoms with Crippen LogP contribution in [0.4, 0.5) is 0 Å². The molecule has 0 atom stereocenters. The lowest BCUT2D eigenvalue weighted by Crippen LogP contribution is -2.37. The van der Waals surface area contributed by atoms with Crippen molar-refractivity contribution in [1.29, 1.82) is 0 Å². The van der Waals surface area contributed by atoms with Crippen LogP contribution in [0.5, 0.6) is 0 Å². The number of benzene rings is 1. The second-order valence-electron chi connectivity index (χ2n) is 6.24. The van der Waals surface area contributed by atoms with Crippen molar-refractivity contribution in [3.8, 4) is 0 Å². The van der Waals surface area contributed by atoms with E-state index in [-0.39, 0.29) is 10.9 Å². The summed E-state index contributed by atoms with van der Waals surface area (Å²) < 4.78 is 3.97. The summed E-state index contributed by atoms with van der Waals surface area (Å²) in [7, 11) is 3.01. The van der Waals surface area contributed by atoms with Crippen LogP contribution in [0.2, 0.25) is 5.28 Å². The molecule has 1 aromatic carbocycles. The van der Waals surface area contributed by atoms with E-state index in [0.29, 0.717) is 12.1 Å². The Morgan fingerprint density at radius 3 is 2.56 bits per heavy atom. The summed E-state index contributed by atoms with van der Waals surface area (Å²) in [6.45, 7) is 0.314. The van der Waals surface area contributed by atoms with E-state index >= 15 is 0 Å². The highest BCUT2D eigenvalue weighted by Gasteiger charge is 2.19. The molecule has 0 aliphatic rings. The van der Waals surface area contributed by atoms with Gasteiger partial charge in [0, 0.05) is 25.9 Å². The van der Waals surface area contributed by atoms with Crippen LogP contribution >= 0.6 is 22.9 Å². The third kappa shape index (κ3) is 3.11. The zero-order valence-electron chi connectivity index (χ0n) is 14.7. The first kappa shape index (κ1) is 17.7. The quantitative estimate of drug-likeness (QED) is 0.491. The fourth-order valence-corrected chi connectivity index (χ4v) is 4.04. The van der Waals surface area contributed by atoms with Crippen molar-refractivity contribution < 1.29 is 0 Å². The van der Waals surface area contributed by atoms with Crippen molar-refractivity contribution in [3.63, 3.8) is 0 Å². The highest BCUT2D eigenvalue weighted by molar-refractivity contribution is 7.09. The Morgan fingerprint density at radius 1 is 1.07 bits per heavy atom. The predicted molar refractivity (Wildman–Crippen MR) is 106 cm³/mol. The van der Waals surface area contributed by atoms with Gasteiger partial charge in [-0.3, -0.25) is 13.9 Å². The highest BCUT2D eigenvalue weighted by Crippen LogP contribution is 2.20. The Labute approximate surface area is 163 Å². The van der Waals surface area contributed by atoms with Gasteiger partial charge in [0.25, 0.3) is 5.56 Å². The molecular weight excluding hydrogens is 386 g/mol. The molecule has 0 N–H and O–H groups in total. The summed E-state index contributed by atoms with van der Waals surface area (Å²) in [5, 5.41) is 3.09. The molecule has 7 nitrogen and oxygen atoms in total. The average molecular weight is 402 g/mol. The maximum atomic E-state index is 12.6. The van der Waals surface area contributed by atoms with Crippen molar-refractivity contribution in [2.75, 3.05) is 0 Å². The molecule has 0 spiro atoms. The van der Waals surface area contributed by atoms with Gasteiger partial charge in [0.1, 0.15) is 0 Å². The standard InChI is InChI=1S/C18H16ClN5O2S/c1-22-15-14(16(25)23(2)18(22)26)24(17(19)21-15)9-12-10-27-13(20-12)8-11-6-4-3-5-7-11/h3-7,10H,8-9H2,1-2H3. The summed E-state index contributed by atoms with van der Waals surface area (Å²) in [4.78, 5) is 33.5. The Balaban J connectivity index is 1.72. The Morgan fingerprint density at radius 2 is 1.81 bits per heavy atom. The minimum absolute atomic E-state index is 0.154. The molecule has 0 amide bonds. The molecule has 27 heavy (non-hydrogen) atoms. The molecule has 3 aromatic heterocycles. The first-order valence-corrected chi connectivity index (χ1v) is 9.50. The van der Waals surface area contributed by atoms with Crippen molar-refractivity contribution in [3.05, 3.63) is 78.1 Å². The average Bonchev–Trinajstić information content (AvgIpc) is 3.24. The molecular formula is C18H16ClN5O2S. The van der Waals surface area contributed by atoms with Gasteiger partial charge in [-0.05, 0) is 17.2 Å². The zero-order valence-corrected chi connectivity index (χ0v) is 16.3. The van der Waals surface area contributed by atoms with Crippen molar-refractivity contribution in [2.45, 2.75) is 13.0 Å². The largest absolute Gasteiger partial charge is 0.332 e. The van der Waals surface area contributed by atoms with Crippen molar-refractivity contribution in [1.82, 2.24) is 23.7 Å². The first-order valence-electron chi connectivity index (χ1n) is 8.24. The van der Waals surface area contributed by atoms with E-state index in [1.54, 1.807) is 23.0 Å². The number of rotatable bonds is 4. The number of halogens is 1. The topological polar surface area (TPSA) is 74.7 Å². The maximum Gasteiger partial charge on any atom is 0.332 e. The molecule has 3 heterocycles. The molecule has 0 radical (unpaired) electrons. The summed E-state index contributed by atoms with van der Waals surface area (Å²) in [5.74, 6) is 0. The van der Waals surface area contributed by atoms with E-state index in [1.807, 2.05) is 23.6 Å². The molecule has 0 aliphatic carbocycles. The van der Waals surface area contributed by atoms with Gasteiger partial charge in [0.2, 0.25) is 5.28 Å². The van der Waals surface area contributed by atoms with Gasteiger partial charge in [0.05, 0.1) is 17.2 Å². The lowest BCUT2D eigenvalue weighted by Gasteiger charge is -2.06. The Kier molecular flexibility index (Phi) is 4.45. The maximum absolute atomic E-state index is 12.6. The molecule has 4 rings (SSSR count). The number of hydrogen-bond donors (Lipinski definition) is 0. The highest BCUT2D eigenvalue weighted by atomic mass is 35.5. The van der Waals surface area contributed by atoms with Crippen LogP contribution in [0.15, 0.2) is 45.3 Å². The van der Waals surface area contributed by atoms with Gasteiger partial charge in [-0.1, -0.05) is 30.3 Å². The lowest BCUT2D eigenvalue weighted by molar-refractivity contribution is 0.701. The summed E-state index contributed by atoms with van der Waals surface area (Å²) in [6.07, 6.45) is 0.750. The van der Waals surface area contributed by atoms with E-state index in [9.17, 15) is 9.59 Å². The fourth-order valence-electron chi connectivity index (χ4n) is 3.00. The number of aryl methyl sites for hydroxylation is 1. The van der Waals surface area contributed by atoms with Gasteiger partial charge in [0.15, 0.2) is 11.2 Å².